The molecule has 1 aromatic heterocycles. The number of nitrogens with one attached hydrogen (secondary N) is 1. The third kappa shape index (κ3) is 5.09. The van der Waals surface area contributed by atoms with Crippen molar-refractivity contribution in [1.29, 1.82) is 0 Å². The Hall–Kier alpha value is -1.13. The molecule has 0 aliphatic carbocycles. The van der Waals surface area contributed by atoms with Crippen LogP contribution in [0.15, 0.2) is 18.2 Å². The first-order valence-corrected chi connectivity index (χ1v) is 5.60. The van der Waals surface area contributed by atoms with Crippen molar-refractivity contribution in [3.63, 3.8) is 0 Å². The molecule has 5 heteroatoms. The largest absolute Gasteiger partial charge is 0.382 e. The highest BCUT2D eigenvalue weighted by molar-refractivity contribution is 6.29. The van der Waals surface area contributed by atoms with Crippen LogP contribution in [0.2, 0.25) is 5.15 Å². The van der Waals surface area contributed by atoms with Crippen molar-refractivity contribution in [2.75, 3.05) is 18.5 Å². The molecule has 0 unspecified atom stereocenters. The van der Waals surface area contributed by atoms with Gasteiger partial charge >= 0.3 is 0 Å². The standard InChI is InChI=1S/C11H15ClN2O2/c1-2-16-8-4-7-11(15)14-10-6-3-5-9(12)13-10/h3,5-6H,2,4,7-8H2,1H3,(H,13,14,15). The molecule has 0 radical (unpaired) electrons. The lowest BCUT2D eigenvalue weighted by atomic mass is 10.3. The van der Waals surface area contributed by atoms with Gasteiger partial charge in [-0.2, -0.15) is 0 Å². The van der Waals surface area contributed by atoms with E-state index in [1.807, 2.05) is 6.92 Å². The first kappa shape index (κ1) is 12.9. The Labute approximate surface area is 100.0 Å². The lowest BCUT2D eigenvalue weighted by molar-refractivity contribution is -0.116. The second-order valence-corrected chi connectivity index (χ2v) is 3.58. The fourth-order valence-electron chi connectivity index (χ4n) is 1.16. The van der Waals surface area contributed by atoms with Gasteiger partial charge in [0, 0.05) is 19.6 Å². The molecule has 0 bridgehead atoms. The monoisotopic (exact) mass is 242 g/mol. The minimum atomic E-state index is -0.0746. The number of nitrogens with zero attached hydrogens (tertiary/aromatic N) is 1. The number of hydrogen-bond acceptors (Lipinski definition) is 3. The summed E-state index contributed by atoms with van der Waals surface area (Å²) >= 11 is 5.69. The number of halogens is 1. The SMILES string of the molecule is CCOCCCC(=O)Nc1cccc(Cl)n1. The van der Waals surface area contributed by atoms with Crippen molar-refractivity contribution in [2.45, 2.75) is 19.8 Å². The summed E-state index contributed by atoms with van der Waals surface area (Å²) < 4.78 is 5.14. The van der Waals surface area contributed by atoms with Crippen LogP contribution in [0.1, 0.15) is 19.8 Å². The number of aromatic nitrogens is 1. The van der Waals surface area contributed by atoms with Gasteiger partial charge in [0.2, 0.25) is 5.91 Å². The van der Waals surface area contributed by atoms with Crippen molar-refractivity contribution in [3.8, 4) is 0 Å². The van der Waals surface area contributed by atoms with Crippen LogP contribution in [0.5, 0.6) is 0 Å². The van der Waals surface area contributed by atoms with E-state index in [-0.39, 0.29) is 5.91 Å². The third-order valence-electron chi connectivity index (χ3n) is 1.88. The molecule has 1 heterocycles. The van der Waals surface area contributed by atoms with Gasteiger partial charge in [0.05, 0.1) is 0 Å². The van der Waals surface area contributed by atoms with Crippen LogP contribution in [0.3, 0.4) is 0 Å². The van der Waals surface area contributed by atoms with Crippen LogP contribution >= 0.6 is 11.6 Å². The van der Waals surface area contributed by atoms with E-state index in [2.05, 4.69) is 10.3 Å². The summed E-state index contributed by atoms with van der Waals surface area (Å²) in [6.07, 6.45) is 1.13. The summed E-state index contributed by atoms with van der Waals surface area (Å²) in [4.78, 5) is 15.4. The van der Waals surface area contributed by atoms with E-state index in [1.165, 1.54) is 0 Å². The average molecular weight is 243 g/mol. The molecular weight excluding hydrogens is 228 g/mol. The van der Waals surface area contributed by atoms with Crippen LogP contribution in [0.25, 0.3) is 0 Å². The topological polar surface area (TPSA) is 51.2 Å². The highest BCUT2D eigenvalue weighted by atomic mass is 35.5. The molecule has 0 atom stereocenters. The molecule has 0 saturated carbocycles. The van der Waals surface area contributed by atoms with Gasteiger partial charge in [0.1, 0.15) is 11.0 Å². The molecule has 0 aromatic carbocycles. The first-order valence-electron chi connectivity index (χ1n) is 5.22. The fraction of sp³-hybridized carbons (Fsp3) is 0.455. The normalized spacial score (nSPS) is 10.1. The lowest BCUT2D eigenvalue weighted by Gasteiger charge is -2.04. The van der Waals surface area contributed by atoms with Gasteiger partial charge < -0.3 is 10.1 Å². The van der Waals surface area contributed by atoms with Crippen LogP contribution in [0, 0.1) is 0 Å². The van der Waals surface area contributed by atoms with Crippen molar-refractivity contribution in [1.82, 2.24) is 4.98 Å². The van der Waals surface area contributed by atoms with E-state index in [1.54, 1.807) is 18.2 Å². The van der Waals surface area contributed by atoms with Crippen molar-refractivity contribution in [2.24, 2.45) is 0 Å². The average Bonchev–Trinajstić information content (AvgIpc) is 2.24. The zero-order valence-electron chi connectivity index (χ0n) is 9.20. The first-order chi connectivity index (χ1) is 7.72. The second kappa shape index (κ2) is 7.19. The Morgan fingerprint density at radius 1 is 1.56 bits per heavy atom. The van der Waals surface area contributed by atoms with E-state index in [4.69, 9.17) is 16.3 Å². The number of anilines is 1. The molecule has 1 rings (SSSR count). The van der Waals surface area contributed by atoms with Gasteiger partial charge in [-0.25, -0.2) is 4.98 Å². The number of amides is 1. The molecular formula is C11H15ClN2O2. The molecule has 88 valence electrons. The quantitative estimate of drug-likeness (QED) is 0.616. The molecule has 0 aliphatic heterocycles. The summed E-state index contributed by atoms with van der Waals surface area (Å²) in [5, 5.41) is 3.04. The Balaban J connectivity index is 2.29. The van der Waals surface area contributed by atoms with E-state index in [9.17, 15) is 4.79 Å². The number of ether oxygens (including phenoxy) is 1. The maximum Gasteiger partial charge on any atom is 0.225 e. The van der Waals surface area contributed by atoms with Crippen LogP contribution < -0.4 is 5.32 Å². The van der Waals surface area contributed by atoms with E-state index < -0.39 is 0 Å². The number of hydrogen-bond donors (Lipinski definition) is 1. The lowest BCUT2D eigenvalue weighted by Crippen LogP contribution is -2.13. The minimum absolute atomic E-state index is 0.0746. The molecule has 0 spiro atoms. The number of rotatable bonds is 6. The predicted molar refractivity (Wildman–Crippen MR) is 63.6 cm³/mol. The smallest absolute Gasteiger partial charge is 0.225 e. The summed E-state index contributed by atoms with van der Waals surface area (Å²) in [5.74, 6) is 0.406. The molecule has 1 N–H and O–H groups in total. The second-order valence-electron chi connectivity index (χ2n) is 3.19. The molecule has 16 heavy (non-hydrogen) atoms. The van der Waals surface area contributed by atoms with Gasteiger partial charge in [-0.1, -0.05) is 17.7 Å². The van der Waals surface area contributed by atoms with E-state index in [0.717, 1.165) is 0 Å². The van der Waals surface area contributed by atoms with Crippen molar-refractivity contribution in [3.05, 3.63) is 23.4 Å². The Kier molecular flexibility index (Phi) is 5.82. The fourth-order valence-corrected chi connectivity index (χ4v) is 1.33. The van der Waals surface area contributed by atoms with Gasteiger partial charge in [0.25, 0.3) is 0 Å². The number of carbonyl (C=O) groups is 1. The summed E-state index contributed by atoms with van der Waals surface area (Å²) in [6.45, 7) is 3.21. The van der Waals surface area contributed by atoms with Crippen LogP contribution in [-0.2, 0) is 9.53 Å². The molecule has 0 saturated heterocycles. The Bertz CT molecular complexity index is 345. The molecule has 0 fully saturated rings. The van der Waals surface area contributed by atoms with Crippen molar-refractivity contribution < 1.29 is 9.53 Å². The van der Waals surface area contributed by atoms with Gasteiger partial charge in [-0.05, 0) is 25.5 Å². The summed E-state index contributed by atoms with van der Waals surface area (Å²) in [5.41, 5.74) is 0. The summed E-state index contributed by atoms with van der Waals surface area (Å²) in [7, 11) is 0. The zero-order valence-corrected chi connectivity index (χ0v) is 9.96. The van der Waals surface area contributed by atoms with Gasteiger partial charge in [0.15, 0.2) is 0 Å². The van der Waals surface area contributed by atoms with Crippen molar-refractivity contribution >= 4 is 23.3 Å². The van der Waals surface area contributed by atoms with Crippen LogP contribution in [0.4, 0.5) is 5.82 Å². The van der Waals surface area contributed by atoms with Gasteiger partial charge in [-0.3, -0.25) is 4.79 Å². The molecule has 0 aliphatic rings. The molecule has 4 nitrogen and oxygen atoms in total. The van der Waals surface area contributed by atoms with Crippen LogP contribution in [-0.4, -0.2) is 24.1 Å². The molecule has 1 aromatic rings. The maximum atomic E-state index is 11.4. The number of pyridine rings is 1. The number of carbonyl (C=O) groups excluding carboxylic acids is 1. The predicted octanol–water partition coefficient (Wildman–Crippen LogP) is 2.49. The highest BCUT2D eigenvalue weighted by Crippen LogP contribution is 2.09. The highest BCUT2D eigenvalue weighted by Gasteiger charge is 2.03. The third-order valence-corrected chi connectivity index (χ3v) is 2.09. The van der Waals surface area contributed by atoms with E-state index in [0.29, 0.717) is 37.0 Å². The van der Waals surface area contributed by atoms with Gasteiger partial charge in [-0.15, -0.1) is 0 Å². The minimum Gasteiger partial charge on any atom is -0.382 e. The zero-order chi connectivity index (χ0) is 11.8. The maximum absolute atomic E-state index is 11.4. The Morgan fingerprint density at radius 2 is 2.38 bits per heavy atom. The summed E-state index contributed by atoms with van der Waals surface area (Å²) in [6, 6.07) is 5.10. The Morgan fingerprint density at radius 3 is 3.06 bits per heavy atom. The molecule has 1 amide bonds. The van der Waals surface area contributed by atoms with E-state index >= 15 is 0 Å².